The summed E-state index contributed by atoms with van der Waals surface area (Å²) in [5.74, 6) is 0. The molecule has 0 amide bonds. The van der Waals surface area contributed by atoms with Crippen molar-refractivity contribution in [2.45, 2.75) is 57.7 Å². The summed E-state index contributed by atoms with van der Waals surface area (Å²) in [5, 5.41) is 3.67. The first-order valence-electron chi connectivity index (χ1n) is 8.23. The van der Waals surface area contributed by atoms with E-state index in [2.05, 4.69) is 42.9 Å². The topological polar surface area (TPSA) is 27.7 Å². The monoisotopic (exact) mass is 283 g/mol. The van der Waals surface area contributed by atoms with Crippen LogP contribution in [-0.2, 0) is 4.74 Å². The van der Waals surface area contributed by atoms with Gasteiger partial charge in [0.05, 0.1) is 12.7 Å². The fraction of sp³-hybridized carbons (Fsp3) is 1.00. The minimum Gasteiger partial charge on any atom is -0.374 e. The Kier molecular flexibility index (Phi) is 5.84. The molecule has 1 N–H and O–H groups in total. The smallest absolute Gasteiger partial charge is 0.0829 e. The van der Waals surface area contributed by atoms with Crippen LogP contribution < -0.4 is 5.32 Å². The van der Waals surface area contributed by atoms with Gasteiger partial charge in [-0.25, -0.2) is 0 Å². The van der Waals surface area contributed by atoms with Crippen molar-refractivity contribution >= 4 is 0 Å². The normalized spacial score (nSPS) is 30.6. The van der Waals surface area contributed by atoms with Gasteiger partial charge >= 0.3 is 0 Å². The first-order valence-corrected chi connectivity index (χ1v) is 8.23. The number of likely N-dealkylation sites (tertiary alicyclic amines) is 1. The number of ether oxygens (including phenoxy) is 1. The third-order valence-corrected chi connectivity index (χ3v) is 4.40. The SMILES string of the molecule is CN1CCOC(CN2CCCCC2CNC(C)(C)C)C1. The Labute approximate surface area is 124 Å². The highest BCUT2D eigenvalue weighted by Crippen LogP contribution is 2.19. The van der Waals surface area contributed by atoms with Crippen LogP contribution in [0, 0.1) is 0 Å². The van der Waals surface area contributed by atoms with Crippen molar-refractivity contribution in [1.29, 1.82) is 0 Å². The number of likely N-dealkylation sites (N-methyl/N-ethyl adjacent to an activating group) is 1. The van der Waals surface area contributed by atoms with Gasteiger partial charge in [0.15, 0.2) is 0 Å². The summed E-state index contributed by atoms with van der Waals surface area (Å²) in [6, 6.07) is 0.679. The molecule has 118 valence electrons. The molecular formula is C16H33N3O. The zero-order valence-corrected chi connectivity index (χ0v) is 13.8. The summed E-state index contributed by atoms with van der Waals surface area (Å²) in [6.45, 7) is 13.2. The maximum Gasteiger partial charge on any atom is 0.0829 e. The molecule has 4 nitrogen and oxygen atoms in total. The fourth-order valence-corrected chi connectivity index (χ4v) is 3.19. The van der Waals surface area contributed by atoms with Gasteiger partial charge in [0.25, 0.3) is 0 Å². The summed E-state index contributed by atoms with van der Waals surface area (Å²) < 4.78 is 5.94. The number of piperidine rings is 1. The van der Waals surface area contributed by atoms with Gasteiger partial charge in [-0.05, 0) is 47.2 Å². The number of hydrogen-bond donors (Lipinski definition) is 1. The van der Waals surface area contributed by atoms with Gasteiger partial charge in [0.2, 0.25) is 0 Å². The standard InChI is InChI=1S/C16H33N3O/c1-16(2,3)17-11-14-7-5-6-8-19(14)13-15-12-18(4)9-10-20-15/h14-15,17H,5-13H2,1-4H3. The fourth-order valence-electron chi connectivity index (χ4n) is 3.19. The summed E-state index contributed by atoms with van der Waals surface area (Å²) in [5.41, 5.74) is 0.213. The molecule has 4 heteroatoms. The van der Waals surface area contributed by atoms with E-state index in [0.29, 0.717) is 12.1 Å². The first-order chi connectivity index (χ1) is 9.44. The lowest BCUT2D eigenvalue weighted by molar-refractivity contribution is -0.0454. The van der Waals surface area contributed by atoms with Crippen molar-refractivity contribution in [2.24, 2.45) is 0 Å². The molecule has 2 rings (SSSR count). The Morgan fingerprint density at radius 1 is 1.20 bits per heavy atom. The molecule has 0 spiro atoms. The lowest BCUT2D eigenvalue weighted by Crippen LogP contribution is -2.54. The molecule has 2 atom stereocenters. The molecule has 2 unspecified atom stereocenters. The largest absolute Gasteiger partial charge is 0.374 e. The van der Waals surface area contributed by atoms with Crippen molar-refractivity contribution in [3.8, 4) is 0 Å². The molecule has 0 aromatic rings. The van der Waals surface area contributed by atoms with E-state index in [1.807, 2.05) is 0 Å². The molecule has 2 saturated heterocycles. The Balaban J connectivity index is 1.83. The molecule has 0 saturated carbocycles. The molecule has 0 bridgehead atoms. The highest BCUT2D eigenvalue weighted by atomic mass is 16.5. The van der Waals surface area contributed by atoms with Crippen LogP contribution in [0.3, 0.4) is 0 Å². The zero-order chi connectivity index (χ0) is 14.6. The van der Waals surface area contributed by atoms with Crippen LogP contribution >= 0.6 is 0 Å². The van der Waals surface area contributed by atoms with Crippen molar-refractivity contribution in [1.82, 2.24) is 15.1 Å². The predicted molar refractivity (Wildman–Crippen MR) is 84.2 cm³/mol. The number of nitrogens with one attached hydrogen (secondary N) is 1. The van der Waals surface area contributed by atoms with Crippen molar-refractivity contribution in [3.63, 3.8) is 0 Å². The van der Waals surface area contributed by atoms with Gasteiger partial charge < -0.3 is 15.0 Å². The van der Waals surface area contributed by atoms with Gasteiger partial charge in [0, 0.05) is 37.8 Å². The number of nitrogens with zero attached hydrogens (tertiary/aromatic N) is 2. The Bertz CT molecular complexity index is 290. The second-order valence-corrected chi connectivity index (χ2v) is 7.53. The van der Waals surface area contributed by atoms with Crippen LogP contribution in [0.5, 0.6) is 0 Å². The predicted octanol–water partition coefficient (Wildman–Crippen LogP) is 1.56. The molecule has 2 heterocycles. The van der Waals surface area contributed by atoms with Crippen LogP contribution in [0.15, 0.2) is 0 Å². The van der Waals surface area contributed by atoms with E-state index in [1.54, 1.807) is 0 Å². The molecule has 20 heavy (non-hydrogen) atoms. The van der Waals surface area contributed by atoms with Crippen LogP contribution in [0.2, 0.25) is 0 Å². The van der Waals surface area contributed by atoms with E-state index < -0.39 is 0 Å². The molecule has 0 aromatic carbocycles. The molecular weight excluding hydrogens is 250 g/mol. The summed E-state index contributed by atoms with van der Waals surface area (Å²) in [4.78, 5) is 5.05. The highest BCUT2D eigenvalue weighted by molar-refractivity contribution is 4.84. The van der Waals surface area contributed by atoms with E-state index in [0.717, 1.165) is 32.8 Å². The van der Waals surface area contributed by atoms with Crippen molar-refractivity contribution in [2.75, 3.05) is 46.4 Å². The summed E-state index contributed by atoms with van der Waals surface area (Å²) >= 11 is 0. The highest BCUT2D eigenvalue weighted by Gasteiger charge is 2.27. The van der Waals surface area contributed by atoms with E-state index in [-0.39, 0.29) is 5.54 Å². The Hall–Kier alpha value is -0.160. The minimum absolute atomic E-state index is 0.213. The molecule has 2 fully saturated rings. The number of morpholine rings is 1. The Morgan fingerprint density at radius 2 is 2.00 bits per heavy atom. The zero-order valence-electron chi connectivity index (χ0n) is 13.8. The number of hydrogen-bond acceptors (Lipinski definition) is 4. The van der Waals surface area contributed by atoms with E-state index >= 15 is 0 Å². The van der Waals surface area contributed by atoms with Crippen LogP contribution in [-0.4, -0.2) is 73.9 Å². The Morgan fingerprint density at radius 3 is 2.70 bits per heavy atom. The average Bonchev–Trinajstić information content (AvgIpc) is 2.37. The van der Waals surface area contributed by atoms with Crippen LogP contribution in [0.4, 0.5) is 0 Å². The van der Waals surface area contributed by atoms with Crippen molar-refractivity contribution < 1.29 is 4.74 Å². The lowest BCUT2D eigenvalue weighted by atomic mass is 10.00. The second-order valence-electron chi connectivity index (χ2n) is 7.53. The quantitative estimate of drug-likeness (QED) is 0.847. The lowest BCUT2D eigenvalue weighted by Gasteiger charge is -2.41. The molecule has 2 aliphatic heterocycles. The summed E-state index contributed by atoms with van der Waals surface area (Å²) in [7, 11) is 2.20. The van der Waals surface area contributed by atoms with Gasteiger partial charge in [-0.2, -0.15) is 0 Å². The molecule has 0 radical (unpaired) electrons. The molecule has 2 aliphatic rings. The second kappa shape index (κ2) is 7.21. The van der Waals surface area contributed by atoms with Gasteiger partial charge in [-0.3, -0.25) is 4.90 Å². The van der Waals surface area contributed by atoms with E-state index in [1.165, 1.54) is 25.8 Å². The van der Waals surface area contributed by atoms with E-state index in [9.17, 15) is 0 Å². The van der Waals surface area contributed by atoms with Crippen LogP contribution in [0.25, 0.3) is 0 Å². The maximum atomic E-state index is 5.94. The van der Waals surface area contributed by atoms with Gasteiger partial charge in [-0.15, -0.1) is 0 Å². The molecule has 0 aliphatic carbocycles. The van der Waals surface area contributed by atoms with Gasteiger partial charge in [0.1, 0.15) is 0 Å². The third-order valence-electron chi connectivity index (χ3n) is 4.40. The first kappa shape index (κ1) is 16.2. The molecule has 0 aromatic heterocycles. The van der Waals surface area contributed by atoms with Crippen LogP contribution in [0.1, 0.15) is 40.0 Å². The maximum absolute atomic E-state index is 5.94. The van der Waals surface area contributed by atoms with E-state index in [4.69, 9.17) is 4.74 Å². The third kappa shape index (κ3) is 5.32. The average molecular weight is 283 g/mol. The van der Waals surface area contributed by atoms with Gasteiger partial charge in [-0.1, -0.05) is 6.42 Å². The summed E-state index contributed by atoms with van der Waals surface area (Å²) in [6.07, 6.45) is 4.43. The minimum atomic E-state index is 0.213. The number of rotatable bonds is 4. The van der Waals surface area contributed by atoms with Crippen molar-refractivity contribution in [3.05, 3.63) is 0 Å².